The number of nitrogens with one attached hydrogen (secondary N) is 1. The van der Waals surface area contributed by atoms with Gasteiger partial charge in [0.25, 0.3) is 0 Å². The molecule has 2 aliphatic heterocycles. The number of carboxylic acid groups (broad SMARTS) is 2. The van der Waals surface area contributed by atoms with E-state index in [2.05, 4.69) is 5.32 Å². The van der Waals surface area contributed by atoms with Gasteiger partial charge in [0, 0.05) is 39.8 Å². The molecule has 0 atom stereocenters. The molecule has 1 saturated heterocycles. The van der Waals surface area contributed by atoms with Gasteiger partial charge in [-0.3, -0.25) is 0 Å². The Balaban J connectivity index is 1.29. The van der Waals surface area contributed by atoms with E-state index in [1.807, 2.05) is 47.8 Å². The van der Waals surface area contributed by atoms with Crippen molar-refractivity contribution in [2.75, 3.05) is 25.0 Å². The summed E-state index contributed by atoms with van der Waals surface area (Å²) in [5.74, 6) is -2.25. The summed E-state index contributed by atoms with van der Waals surface area (Å²) < 4.78 is 33.3. The molecule has 3 heterocycles. The molecule has 1 aliphatic carbocycles. The number of anilines is 1. The van der Waals surface area contributed by atoms with Crippen LogP contribution < -0.4 is 10.1 Å². The van der Waals surface area contributed by atoms with E-state index in [-0.39, 0.29) is 22.4 Å². The largest absolute Gasteiger partial charge is 0.479 e. The molecular weight excluding hydrogens is 536 g/mol. The second-order valence-electron chi connectivity index (χ2n) is 8.81. The number of aromatic carboxylic acids is 1. The van der Waals surface area contributed by atoms with Crippen molar-refractivity contribution < 1.29 is 33.0 Å². The van der Waals surface area contributed by atoms with Crippen molar-refractivity contribution in [1.29, 1.82) is 0 Å². The average molecular weight is 561 g/mol. The lowest BCUT2D eigenvalue weighted by atomic mass is 10.1. The molecular formula is C25H24N2O7S3. The first-order valence-corrected chi connectivity index (χ1v) is 14.9. The van der Waals surface area contributed by atoms with Gasteiger partial charge in [0.15, 0.2) is 17.2 Å². The summed E-state index contributed by atoms with van der Waals surface area (Å²) in [6.07, 6.45) is 1.37. The zero-order chi connectivity index (χ0) is 26.2. The molecule has 37 heavy (non-hydrogen) atoms. The number of aliphatic carboxylic acids is 1. The summed E-state index contributed by atoms with van der Waals surface area (Å²) in [6, 6.07) is 13.2. The Bertz CT molecular complexity index is 1520. The summed E-state index contributed by atoms with van der Waals surface area (Å²) in [5.41, 5.74) is 2.57. The number of piperidine rings is 1. The highest BCUT2D eigenvalue weighted by Gasteiger charge is 2.29. The van der Waals surface area contributed by atoms with E-state index in [0.29, 0.717) is 31.3 Å². The molecule has 0 saturated carbocycles. The standard InChI is InChI=1S/C25H24N2O7S3/c28-20(29)12-34-22-21-19(36-24(22)25(30)31)11-16-10-18(13-35-23(16)21)26-17-6-8-27(9-7-17)37(32,33)14-15-4-2-1-3-5-15/h1-5,10-11,13,17,26H,6-9,12,14H2,(H,28,29)(H,30,31). The van der Waals surface area contributed by atoms with E-state index in [9.17, 15) is 23.1 Å². The van der Waals surface area contributed by atoms with Crippen molar-refractivity contribution >= 4 is 60.4 Å². The molecule has 0 spiro atoms. The number of sulfonamides is 1. The fourth-order valence-electron chi connectivity index (χ4n) is 4.54. The molecule has 0 bridgehead atoms. The maximum Gasteiger partial charge on any atom is 0.349 e. The number of benzene rings is 1. The molecule has 0 unspecified atom stereocenters. The molecule has 0 radical (unpaired) electrons. The van der Waals surface area contributed by atoms with Crippen molar-refractivity contribution in [1.82, 2.24) is 4.31 Å². The minimum absolute atomic E-state index is 0.000156. The molecule has 2 aromatic rings. The van der Waals surface area contributed by atoms with Gasteiger partial charge in [0.1, 0.15) is 0 Å². The van der Waals surface area contributed by atoms with Gasteiger partial charge in [0.2, 0.25) is 10.0 Å². The normalized spacial score (nSPS) is 15.2. The Kier molecular flexibility index (Phi) is 7.08. The third kappa shape index (κ3) is 5.42. The first kappa shape index (κ1) is 25.5. The Morgan fingerprint density at radius 1 is 1.11 bits per heavy atom. The summed E-state index contributed by atoms with van der Waals surface area (Å²) in [5, 5.41) is 24.6. The van der Waals surface area contributed by atoms with E-state index >= 15 is 0 Å². The smallest absolute Gasteiger partial charge is 0.349 e. The third-order valence-electron chi connectivity index (χ3n) is 6.23. The topological polar surface area (TPSA) is 133 Å². The molecule has 5 rings (SSSR count). The molecule has 194 valence electrons. The maximum atomic E-state index is 12.8. The fourth-order valence-corrected chi connectivity index (χ4v) is 8.16. The molecule has 12 heteroatoms. The third-order valence-corrected chi connectivity index (χ3v) is 10.2. The van der Waals surface area contributed by atoms with Gasteiger partial charge in [-0.05, 0) is 36.1 Å². The average Bonchev–Trinajstić information content (AvgIpc) is 3.39. The Hall–Kier alpha value is -3.19. The van der Waals surface area contributed by atoms with Gasteiger partial charge in [-0.25, -0.2) is 22.3 Å². The van der Waals surface area contributed by atoms with Crippen LogP contribution in [0, 0.1) is 0 Å². The van der Waals surface area contributed by atoms with Gasteiger partial charge in [-0.2, -0.15) is 0 Å². The predicted molar refractivity (Wildman–Crippen MR) is 144 cm³/mol. The fraction of sp³-hybridized carbons (Fsp3) is 0.280. The molecule has 1 aromatic heterocycles. The van der Waals surface area contributed by atoms with Crippen molar-refractivity contribution in [3.63, 3.8) is 0 Å². The number of ether oxygens (including phenoxy) is 1. The molecule has 3 aliphatic rings. The summed E-state index contributed by atoms with van der Waals surface area (Å²) in [6.45, 7) is 0.280. The van der Waals surface area contributed by atoms with Crippen LogP contribution in [0.15, 0.2) is 47.8 Å². The van der Waals surface area contributed by atoms with Crippen LogP contribution in [-0.2, 0) is 20.6 Å². The van der Waals surface area contributed by atoms with Crippen LogP contribution in [-0.4, -0.2) is 60.6 Å². The van der Waals surface area contributed by atoms with E-state index in [4.69, 9.17) is 9.84 Å². The second-order valence-corrected chi connectivity index (χ2v) is 12.7. The minimum atomic E-state index is -3.38. The lowest BCUT2D eigenvalue weighted by Gasteiger charge is -2.32. The quantitative estimate of drug-likeness (QED) is 0.270. The number of fused-ring (bicyclic) bond motifs is 3. The number of thiophene rings is 1. The first-order valence-electron chi connectivity index (χ1n) is 11.5. The Morgan fingerprint density at radius 2 is 1.84 bits per heavy atom. The van der Waals surface area contributed by atoms with Crippen molar-refractivity contribution in [3.8, 4) is 16.2 Å². The number of nitrogens with zero attached hydrogens (tertiary/aromatic N) is 1. The second kappa shape index (κ2) is 10.3. The van der Waals surface area contributed by atoms with Gasteiger partial charge >= 0.3 is 11.9 Å². The first-order chi connectivity index (χ1) is 17.7. The number of carbonyl (C=O) groups is 2. The summed E-state index contributed by atoms with van der Waals surface area (Å²) >= 11 is 2.49. The highest BCUT2D eigenvalue weighted by atomic mass is 32.2. The van der Waals surface area contributed by atoms with Gasteiger partial charge in [-0.1, -0.05) is 30.3 Å². The van der Waals surface area contributed by atoms with E-state index in [1.165, 1.54) is 11.3 Å². The van der Waals surface area contributed by atoms with Gasteiger partial charge < -0.3 is 20.3 Å². The van der Waals surface area contributed by atoms with E-state index in [1.54, 1.807) is 4.31 Å². The number of hydrogen-bond acceptors (Lipinski definition) is 8. The summed E-state index contributed by atoms with van der Waals surface area (Å²) in [4.78, 5) is 23.5. The Morgan fingerprint density at radius 3 is 2.51 bits per heavy atom. The van der Waals surface area contributed by atoms with Crippen LogP contribution in [0.3, 0.4) is 0 Å². The number of rotatable bonds is 9. The number of carboxylic acids is 2. The van der Waals surface area contributed by atoms with Crippen molar-refractivity contribution in [2.45, 2.75) is 24.6 Å². The van der Waals surface area contributed by atoms with Crippen molar-refractivity contribution in [3.05, 3.63) is 58.3 Å². The molecule has 1 aromatic carbocycles. The van der Waals surface area contributed by atoms with Crippen LogP contribution in [0.5, 0.6) is 5.75 Å². The highest BCUT2D eigenvalue weighted by Crippen LogP contribution is 2.49. The van der Waals surface area contributed by atoms with E-state index in [0.717, 1.165) is 37.7 Å². The Labute approximate surface area is 221 Å². The van der Waals surface area contributed by atoms with Gasteiger partial charge in [0.05, 0.1) is 11.1 Å². The molecule has 3 N–H and O–H groups in total. The number of hydrogen-bond donors (Lipinski definition) is 3. The maximum absolute atomic E-state index is 12.8. The summed E-state index contributed by atoms with van der Waals surface area (Å²) in [7, 11) is -3.38. The molecule has 9 nitrogen and oxygen atoms in total. The van der Waals surface area contributed by atoms with E-state index < -0.39 is 28.6 Å². The monoisotopic (exact) mass is 560 g/mol. The van der Waals surface area contributed by atoms with Crippen LogP contribution in [0.25, 0.3) is 20.5 Å². The highest BCUT2D eigenvalue weighted by molar-refractivity contribution is 7.88. The van der Waals surface area contributed by atoms with Crippen LogP contribution >= 0.6 is 22.7 Å². The van der Waals surface area contributed by atoms with Gasteiger partial charge in [-0.15, -0.1) is 22.7 Å². The predicted octanol–water partition coefficient (Wildman–Crippen LogP) is 4.64. The van der Waals surface area contributed by atoms with Crippen molar-refractivity contribution in [2.24, 2.45) is 0 Å². The SMILES string of the molecule is O=C(O)COc1c(C(=O)O)sc2cc3cc(NC4CCN(S(=O)(=O)Cc5ccccc5)CC4)csc-3c12. The lowest BCUT2D eigenvalue weighted by molar-refractivity contribution is -0.139. The lowest BCUT2D eigenvalue weighted by Crippen LogP contribution is -2.42. The van der Waals surface area contributed by atoms with Crippen LogP contribution in [0.1, 0.15) is 28.1 Å². The minimum Gasteiger partial charge on any atom is -0.479 e. The zero-order valence-electron chi connectivity index (χ0n) is 19.5. The molecule has 0 amide bonds. The molecule has 1 fully saturated rings. The van der Waals surface area contributed by atoms with Crippen LogP contribution in [0.4, 0.5) is 5.69 Å². The zero-order valence-corrected chi connectivity index (χ0v) is 22.0. The van der Waals surface area contributed by atoms with Crippen LogP contribution in [0.2, 0.25) is 0 Å².